The smallest absolute Gasteiger partial charge is 0.177 e. The maximum atomic E-state index is 12.5. The maximum Gasteiger partial charge on any atom is 0.177 e. The Bertz CT molecular complexity index is 818. The Morgan fingerprint density at radius 2 is 2.05 bits per heavy atom. The van der Waals surface area contributed by atoms with Gasteiger partial charge < -0.3 is 0 Å². The van der Waals surface area contributed by atoms with Crippen molar-refractivity contribution >= 4 is 44.0 Å². The molecule has 1 aromatic carbocycles. The number of carbonyl (C=O) groups excluding carboxylic acids is 1. The highest BCUT2D eigenvalue weighted by Gasteiger charge is 2.14. The van der Waals surface area contributed by atoms with Crippen LogP contribution in [0, 0.1) is 13.8 Å². The number of hydrogen-bond donors (Lipinski definition) is 0. The first kappa shape index (κ1) is 14.4. The van der Waals surface area contributed by atoms with Gasteiger partial charge in [-0.15, -0.1) is 11.3 Å². The molecule has 3 aromatic rings. The van der Waals surface area contributed by atoms with Crippen LogP contribution in [0.1, 0.15) is 26.5 Å². The van der Waals surface area contributed by atoms with Crippen LogP contribution in [0.25, 0.3) is 10.9 Å². The lowest BCUT2D eigenvalue weighted by Gasteiger charge is -2.05. The SMILES string of the molecule is Cc1ccc2cccc(CC(=O)c3cc(C)c(Br)s3)c2n1. The molecule has 2 nitrogen and oxygen atoms in total. The van der Waals surface area contributed by atoms with Crippen molar-refractivity contribution in [3.8, 4) is 0 Å². The van der Waals surface area contributed by atoms with E-state index in [-0.39, 0.29) is 5.78 Å². The molecule has 2 heterocycles. The Hall–Kier alpha value is -1.52. The summed E-state index contributed by atoms with van der Waals surface area (Å²) in [5, 5.41) is 1.08. The number of fused-ring (bicyclic) bond motifs is 1. The number of pyridine rings is 1. The average Bonchev–Trinajstić information content (AvgIpc) is 2.79. The van der Waals surface area contributed by atoms with Crippen LogP contribution in [0.15, 0.2) is 40.2 Å². The van der Waals surface area contributed by atoms with Gasteiger partial charge in [0.1, 0.15) is 0 Å². The van der Waals surface area contributed by atoms with Crippen molar-refractivity contribution in [1.82, 2.24) is 4.98 Å². The fraction of sp³-hybridized carbons (Fsp3) is 0.176. The highest BCUT2D eigenvalue weighted by atomic mass is 79.9. The standard InChI is InChI=1S/C17H14BrNOS/c1-10-8-15(21-17(10)18)14(20)9-13-5-3-4-12-7-6-11(2)19-16(12)13/h3-8H,9H2,1-2H3. The second-order valence-corrected chi connectivity index (χ2v) is 7.48. The molecule has 106 valence electrons. The molecule has 0 atom stereocenters. The molecule has 0 aliphatic rings. The summed E-state index contributed by atoms with van der Waals surface area (Å²) in [7, 11) is 0. The van der Waals surface area contributed by atoms with Crippen LogP contribution >= 0.6 is 27.3 Å². The zero-order valence-corrected chi connectivity index (χ0v) is 14.2. The van der Waals surface area contributed by atoms with E-state index < -0.39 is 0 Å². The molecule has 0 radical (unpaired) electrons. The minimum Gasteiger partial charge on any atom is -0.293 e. The van der Waals surface area contributed by atoms with Gasteiger partial charge in [-0.3, -0.25) is 9.78 Å². The number of halogens is 1. The minimum absolute atomic E-state index is 0.143. The zero-order chi connectivity index (χ0) is 15.0. The van der Waals surface area contributed by atoms with E-state index in [2.05, 4.69) is 27.0 Å². The molecular weight excluding hydrogens is 346 g/mol. The first-order valence-electron chi connectivity index (χ1n) is 6.69. The van der Waals surface area contributed by atoms with E-state index in [0.717, 1.165) is 36.4 Å². The molecule has 0 bridgehead atoms. The lowest BCUT2D eigenvalue weighted by atomic mass is 10.0. The van der Waals surface area contributed by atoms with Gasteiger partial charge in [0.2, 0.25) is 0 Å². The third-order valence-corrected chi connectivity index (χ3v) is 5.60. The summed E-state index contributed by atoms with van der Waals surface area (Å²) in [5.74, 6) is 0.143. The number of thiophene rings is 1. The summed E-state index contributed by atoms with van der Waals surface area (Å²) >= 11 is 4.97. The summed E-state index contributed by atoms with van der Waals surface area (Å²) < 4.78 is 1.03. The normalized spacial score (nSPS) is 11.0. The van der Waals surface area contributed by atoms with Gasteiger partial charge in [-0.1, -0.05) is 24.3 Å². The molecule has 0 fully saturated rings. The molecule has 0 N–H and O–H groups in total. The van der Waals surface area contributed by atoms with Crippen LogP contribution in [-0.4, -0.2) is 10.8 Å². The molecule has 0 unspecified atom stereocenters. The Kier molecular flexibility index (Phi) is 3.91. The number of aromatic nitrogens is 1. The molecule has 3 rings (SSSR count). The van der Waals surface area contributed by atoms with Gasteiger partial charge >= 0.3 is 0 Å². The number of aryl methyl sites for hydroxylation is 2. The highest BCUT2D eigenvalue weighted by molar-refractivity contribution is 9.11. The lowest BCUT2D eigenvalue weighted by molar-refractivity contribution is 0.0997. The van der Waals surface area contributed by atoms with Crippen LogP contribution in [-0.2, 0) is 6.42 Å². The molecule has 4 heteroatoms. The van der Waals surface area contributed by atoms with Crippen LogP contribution in [0.5, 0.6) is 0 Å². The molecule has 2 aromatic heterocycles. The van der Waals surface area contributed by atoms with Crippen molar-refractivity contribution in [1.29, 1.82) is 0 Å². The van der Waals surface area contributed by atoms with E-state index in [1.807, 2.05) is 44.2 Å². The molecule has 0 amide bonds. The maximum absolute atomic E-state index is 12.5. The number of para-hydroxylation sites is 1. The van der Waals surface area contributed by atoms with Gasteiger partial charge in [0.25, 0.3) is 0 Å². The number of rotatable bonds is 3. The van der Waals surface area contributed by atoms with Gasteiger partial charge in [0, 0.05) is 17.5 Å². The van der Waals surface area contributed by atoms with Crippen molar-refractivity contribution in [3.63, 3.8) is 0 Å². The molecule has 21 heavy (non-hydrogen) atoms. The van der Waals surface area contributed by atoms with Gasteiger partial charge in [-0.05, 0) is 53.0 Å². The van der Waals surface area contributed by atoms with E-state index >= 15 is 0 Å². The first-order valence-corrected chi connectivity index (χ1v) is 8.30. The number of hydrogen-bond acceptors (Lipinski definition) is 3. The Morgan fingerprint density at radius 1 is 1.24 bits per heavy atom. The topological polar surface area (TPSA) is 30.0 Å². The van der Waals surface area contributed by atoms with Gasteiger partial charge in [-0.2, -0.15) is 0 Å². The third kappa shape index (κ3) is 2.92. The first-order chi connectivity index (χ1) is 10.0. The minimum atomic E-state index is 0.143. The average molecular weight is 360 g/mol. The highest BCUT2D eigenvalue weighted by Crippen LogP contribution is 2.29. The lowest BCUT2D eigenvalue weighted by Crippen LogP contribution is -2.02. The van der Waals surface area contributed by atoms with Crippen LogP contribution < -0.4 is 0 Å². The molecular formula is C17H14BrNOS. The summed E-state index contributed by atoms with van der Waals surface area (Å²) in [5.41, 5.74) is 3.99. The van der Waals surface area contributed by atoms with Crippen LogP contribution in [0.2, 0.25) is 0 Å². The summed E-state index contributed by atoms with van der Waals surface area (Å²) in [6.45, 7) is 3.97. The number of ketones is 1. The molecule has 0 spiro atoms. The quantitative estimate of drug-likeness (QED) is 0.608. The predicted molar refractivity (Wildman–Crippen MR) is 91.3 cm³/mol. The van der Waals surface area contributed by atoms with E-state index in [4.69, 9.17) is 0 Å². The van der Waals surface area contributed by atoms with Crippen molar-refractivity contribution in [3.05, 3.63) is 61.9 Å². The molecule has 0 saturated carbocycles. The van der Waals surface area contributed by atoms with E-state index in [9.17, 15) is 4.79 Å². The fourth-order valence-corrected chi connectivity index (χ4v) is 3.78. The Balaban J connectivity index is 1.98. The van der Waals surface area contributed by atoms with Crippen molar-refractivity contribution in [2.45, 2.75) is 20.3 Å². The monoisotopic (exact) mass is 359 g/mol. The molecule has 0 aliphatic heterocycles. The van der Waals surface area contributed by atoms with Gasteiger partial charge in [0.15, 0.2) is 5.78 Å². The zero-order valence-electron chi connectivity index (χ0n) is 11.8. The van der Waals surface area contributed by atoms with Crippen LogP contribution in [0.3, 0.4) is 0 Å². The number of Topliss-reactive ketones (excluding diaryl/α,β-unsaturated/α-hetero) is 1. The molecule has 0 aliphatic carbocycles. The largest absolute Gasteiger partial charge is 0.293 e. The van der Waals surface area contributed by atoms with E-state index in [0.29, 0.717) is 6.42 Å². The van der Waals surface area contributed by atoms with E-state index in [1.54, 1.807) is 0 Å². The summed E-state index contributed by atoms with van der Waals surface area (Å²) in [6.07, 6.45) is 0.389. The fourth-order valence-electron chi connectivity index (χ4n) is 2.31. The second-order valence-electron chi connectivity index (χ2n) is 5.11. The Labute approximate surface area is 136 Å². The van der Waals surface area contributed by atoms with Gasteiger partial charge in [-0.25, -0.2) is 0 Å². The van der Waals surface area contributed by atoms with Crippen LogP contribution in [0.4, 0.5) is 0 Å². The second kappa shape index (κ2) is 5.70. The summed E-state index contributed by atoms with van der Waals surface area (Å²) in [4.78, 5) is 17.9. The van der Waals surface area contributed by atoms with Crippen molar-refractivity contribution < 1.29 is 4.79 Å². The number of carbonyl (C=O) groups is 1. The number of benzene rings is 1. The molecule has 0 saturated heterocycles. The predicted octanol–water partition coefficient (Wildman–Crippen LogP) is 5.10. The van der Waals surface area contributed by atoms with Crippen molar-refractivity contribution in [2.75, 3.05) is 0 Å². The number of nitrogens with zero attached hydrogens (tertiary/aromatic N) is 1. The van der Waals surface area contributed by atoms with Gasteiger partial charge in [0.05, 0.1) is 14.2 Å². The Morgan fingerprint density at radius 3 is 2.76 bits per heavy atom. The van der Waals surface area contributed by atoms with Crippen molar-refractivity contribution in [2.24, 2.45) is 0 Å². The third-order valence-electron chi connectivity index (χ3n) is 3.43. The summed E-state index contributed by atoms with van der Waals surface area (Å²) in [6, 6.07) is 12.0. The van der Waals surface area contributed by atoms with E-state index in [1.165, 1.54) is 11.3 Å².